The summed E-state index contributed by atoms with van der Waals surface area (Å²) in [6.07, 6.45) is 1.37. The lowest BCUT2D eigenvalue weighted by atomic mass is 10.1. The van der Waals surface area contributed by atoms with Crippen molar-refractivity contribution < 1.29 is 13.8 Å². The normalized spacial score (nSPS) is 11.1. The number of benzene rings is 1. The van der Waals surface area contributed by atoms with Crippen LogP contribution in [0.4, 0.5) is 5.82 Å². The van der Waals surface area contributed by atoms with Crippen LogP contribution in [0.5, 0.6) is 0 Å². The molecule has 0 atom stereocenters. The Hall–Kier alpha value is -2.94. The second-order valence-corrected chi connectivity index (χ2v) is 5.74. The zero-order chi connectivity index (χ0) is 17.1. The molecule has 3 N–H and O–H groups in total. The number of hydrazone groups is 1. The summed E-state index contributed by atoms with van der Waals surface area (Å²) < 4.78 is 11.0. The minimum atomic E-state index is -0.627. The number of amides is 1. The van der Waals surface area contributed by atoms with E-state index < -0.39 is 5.91 Å². The van der Waals surface area contributed by atoms with Crippen LogP contribution in [-0.4, -0.2) is 22.4 Å². The van der Waals surface area contributed by atoms with Gasteiger partial charge in [0.2, 0.25) is 11.5 Å². The van der Waals surface area contributed by atoms with Gasteiger partial charge in [-0.25, -0.2) is 10.1 Å². The molecule has 0 fully saturated rings. The first-order valence-electron chi connectivity index (χ1n) is 6.82. The molecule has 9 heteroatoms. The number of rotatable bonds is 4. The average molecular weight is 390 g/mol. The number of hydrogen-bond acceptors (Lipinski definition) is 7. The molecule has 1 aromatic carbocycles. The molecule has 3 rings (SSSR count). The quantitative estimate of drug-likeness (QED) is 0.522. The maximum absolute atomic E-state index is 11.7. The molecule has 0 bridgehead atoms. The molecular weight excluding hydrogens is 378 g/mol. The number of aromatic nitrogens is 2. The largest absolute Gasteiger partial charge is 0.455 e. The van der Waals surface area contributed by atoms with E-state index in [1.54, 1.807) is 6.07 Å². The van der Waals surface area contributed by atoms with Gasteiger partial charge in [-0.2, -0.15) is 5.10 Å². The Bertz CT molecular complexity index is 915. The number of nitrogens with two attached hydrogens (primary N) is 1. The molecular formula is C15H12BrN5O3. The summed E-state index contributed by atoms with van der Waals surface area (Å²) in [6.45, 7) is 2.01. The molecule has 0 aliphatic heterocycles. The Kier molecular flexibility index (Phi) is 4.43. The minimum absolute atomic E-state index is 0.104. The summed E-state index contributed by atoms with van der Waals surface area (Å²) in [5, 5.41) is 10.5. The van der Waals surface area contributed by atoms with E-state index >= 15 is 0 Å². The van der Waals surface area contributed by atoms with E-state index in [-0.39, 0.29) is 11.5 Å². The fourth-order valence-corrected chi connectivity index (χ4v) is 2.64. The van der Waals surface area contributed by atoms with Crippen molar-refractivity contribution in [1.29, 1.82) is 0 Å². The predicted molar refractivity (Wildman–Crippen MR) is 90.4 cm³/mol. The van der Waals surface area contributed by atoms with Crippen molar-refractivity contribution in [3.63, 3.8) is 0 Å². The smallest absolute Gasteiger partial charge is 0.297 e. The monoisotopic (exact) mass is 389 g/mol. The van der Waals surface area contributed by atoms with Gasteiger partial charge in [-0.05, 0) is 47.1 Å². The lowest BCUT2D eigenvalue weighted by Crippen LogP contribution is -2.19. The van der Waals surface area contributed by atoms with Gasteiger partial charge in [0.25, 0.3) is 5.91 Å². The highest BCUT2D eigenvalue weighted by Crippen LogP contribution is 2.30. The number of carbonyl (C=O) groups excluding carboxylic acids is 1. The number of nitrogen functional groups attached to an aromatic ring is 1. The van der Waals surface area contributed by atoms with Crippen molar-refractivity contribution in [1.82, 2.24) is 15.7 Å². The van der Waals surface area contributed by atoms with Crippen LogP contribution in [-0.2, 0) is 0 Å². The molecule has 122 valence electrons. The van der Waals surface area contributed by atoms with E-state index in [1.807, 2.05) is 31.2 Å². The van der Waals surface area contributed by atoms with Gasteiger partial charge in [0.15, 0.2) is 0 Å². The molecule has 0 spiro atoms. The summed E-state index contributed by atoms with van der Waals surface area (Å²) in [4.78, 5) is 11.7. The van der Waals surface area contributed by atoms with E-state index in [1.165, 1.54) is 6.21 Å². The fourth-order valence-electron chi connectivity index (χ4n) is 1.95. The lowest BCUT2D eigenvalue weighted by Gasteiger charge is -2.01. The molecule has 2 heterocycles. The first-order chi connectivity index (χ1) is 11.5. The first kappa shape index (κ1) is 15.9. The number of aryl methyl sites for hydroxylation is 1. The SMILES string of the molecule is Cc1ccc(-c2ccc(/C=N/NC(=O)c3nonc3N)o2)c(Br)c1. The summed E-state index contributed by atoms with van der Waals surface area (Å²) in [6, 6.07) is 9.51. The van der Waals surface area contributed by atoms with Gasteiger partial charge in [-0.3, -0.25) is 4.79 Å². The first-order valence-corrected chi connectivity index (χ1v) is 7.61. The highest BCUT2D eigenvalue weighted by Gasteiger charge is 2.15. The summed E-state index contributed by atoms with van der Waals surface area (Å²) in [5.74, 6) is 0.425. The molecule has 0 aliphatic rings. The number of furan rings is 1. The molecule has 0 saturated carbocycles. The Labute approximate surface area is 144 Å². The zero-order valence-corrected chi connectivity index (χ0v) is 14.1. The third-order valence-electron chi connectivity index (χ3n) is 3.10. The van der Waals surface area contributed by atoms with Crippen LogP contribution in [0.3, 0.4) is 0 Å². The molecule has 0 unspecified atom stereocenters. The van der Waals surface area contributed by atoms with Crippen LogP contribution in [0, 0.1) is 6.92 Å². The van der Waals surface area contributed by atoms with Gasteiger partial charge >= 0.3 is 0 Å². The maximum atomic E-state index is 11.7. The average Bonchev–Trinajstić information content (AvgIpc) is 3.16. The Morgan fingerprint density at radius 1 is 1.33 bits per heavy atom. The molecule has 2 aromatic heterocycles. The summed E-state index contributed by atoms with van der Waals surface area (Å²) >= 11 is 3.51. The number of hydrogen-bond donors (Lipinski definition) is 2. The third-order valence-corrected chi connectivity index (χ3v) is 3.76. The summed E-state index contributed by atoms with van der Waals surface area (Å²) in [7, 11) is 0. The molecule has 0 radical (unpaired) electrons. The van der Waals surface area contributed by atoms with Crippen LogP contribution >= 0.6 is 15.9 Å². The van der Waals surface area contributed by atoms with Gasteiger partial charge in [0.1, 0.15) is 11.5 Å². The molecule has 0 aliphatic carbocycles. The standard InChI is InChI=1S/C15H12BrN5O3/c1-8-2-4-10(11(16)6-8)12-5-3-9(23-12)7-18-19-15(22)13-14(17)21-24-20-13/h2-7H,1H3,(H2,17,21)(H,19,22)/b18-7+. The van der Waals surface area contributed by atoms with Crippen molar-refractivity contribution in [2.75, 3.05) is 5.73 Å². The highest BCUT2D eigenvalue weighted by molar-refractivity contribution is 9.10. The second kappa shape index (κ2) is 6.67. The van der Waals surface area contributed by atoms with E-state index in [2.05, 4.69) is 41.4 Å². The lowest BCUT2D eigenvalue weighted by molar-refractivity contribution is 0.0946. The van der Waals surface area contributed by atoms with E-state index in [4.69, 9.17) is 10.2 Å². The molecule has 3 aromatic rings. The second-order valence-electron chi connectivity index (χ2n) is 4.88. The van der Waals surface area contributed by atoms with E-state index in [9.17, 15) is 4.79 Å². The predicted octanol–water partition coefficient (Wildman–Crippen LogP) is 2.75. The van der Waals surface area contributed by atoms with Crippen LogP contribution in [0.1, 0.15) is 21.8 Å². The summed E-state index contributed by atoms with van der Waals surface area (Å²) in [5.41, 5.74) is 9.61. The van der Waals surface area contributed by atoms with E-state index in [0.29, 0.717) is 11.5 Å². The van der Waals surface area contributed by atoms with Crippen molar-refractivity contribution in [3.05, 3.63) is 51.8 Å². The van der Waals surface area contributed by atoms with Crippen molar-refractivity contribution in [2.24, 2.45) is 5.10 Å². The van der Waals surface area contributed by atoms with Crippen LogP contribution in [0.2, 0.25) is 0 Å². The number of nitrogens with one attached hydrogen (secondary N) is 1. The fraction of sp³-hybridized carbons (Fsp3) is 0.0667. The van der Waals surface area contributed by atoms with E-state index in [0.717, 1.165) is 15.6 Å². The van der Waals surface area contributed by atoms with Crippen LogP contribution < -0.4 is 11.2 Å². The van der Waals surface area contributed by atoms with Crippen molar-refractivity contribution >= 4 is 33.9 Å². The number of carbonyl (C=O) groups is 1. The number of anilines is 1. The number of nitrogens with zero attached hydrogens (tertiary/aromatic N) is 3. The molecule has 1 amide bonds. The van der Waals surface area contributed by atoms with Gasteiger partial charge < -0.3 is 10.2 Å². The topological polar surface area (TPSA) is 120 Å². The third kappa shape index (κ3) is 3.35. The van der Waals surface area contributed by atoms with Gasteiger partial charge in [0.05, 0.1) is 6.21 Å². The Morgan fingerprint density at radius 3 is 2.88 bits per heavy atom. The number of halogens is 1. The van der Waals surface area contributed by atoms with Crippen LogP contribution in [0.15, 0.2) is 49.0 Å². The Balaban J connectivity index is 1.70. The van der Waals surface area contributed by atoms with Crippen molar-refractivity contribution in [2.45, 2.75) is 6.92 Å². The van der Waals surface area contributed by atoms with Gasteiger partial charge in [0, 0.05) is 10.0 Å². The molecule has 8 nitrogen and oxygen atoms in total. The highest BCUT2D eigenvalue weighted by atomic mass is 79.9. The van der Waals surface area contributed by atoms with Gasteiger partial charge in [-0.15, -0.1) is 0 Å². The minimum Gasteiger partial charge on any atom is -0.455 e. The van der Waals surface area contributed by atoms with Crippen LogP contribution in [0.25, 0.3) is 11.3 Å². The van der Waals surface area contributed by atoms with Crippen molar-refractivity contribution in [3.8, 4) is 11.3 Å². The Morgan fingerprint density at radius 2 is 2.17 bits per heavy atom. The molecule has 0 saturated heterocycles. The van der Waals surface area contributed by atoms with Gasteiger partial charge in [-0.1, -0.05) is 22.0 Å². The zero-order valence-electron chi connectivity index (χ0n) is 12.5. The molecule has 24 heavy (non-hydrogen) atoms. The maximum Gasteiger partial charge on any atom is 0.297 e.